The van der Waals surface area contributed by atoms with Crippen molar-refractivity contribution in [1.82, 2.24) is 23.8 Å². The van der Waals surface area contributed by atoms with E-state index in [2.05, 4.69) is 20.3 Å². The molecule has 2 N–H and O–H groups in total. The van der Waals surface area contributed by atoms with Gasteiger partial charge in [0.1, 0.15) is 17.0 Å². The number of halogens is 2. The van der Waals surface area contributed by atoms with E-state index >= 15 is 0 Å². The molecular formula is C21H26F2N6O3S. The lowest BCUT2D eigenvalue weighted by Crippen LogP contribution is -2.51. The number of fused-ring (bicyclic) bond motifs is 1. The van der Waals surface area contributed by atoms with Crippen molar-refractivity contribution in [2.24, 2.45) is 0 Å². The van der Waals surface area contributed by atoms with Crippen molar-refractivity contribution in [3.63, 3.8) is 0 Å². The minimum atomic E-state index is -3.41. The monoisotopic (exact) mass is 480 g/mol. The summed E-state index contributed by atoms with van der Waals surface area (Å²) < 4.78 is 56.0. The minimum Gasteiger partial charge on any atom is -0.390 e. The molecule has 2 unspecified atom stereocenters. The molecule has 0 bridgehead atoms. The fourth-order valence-corrected chi connectivity index (χ4v) is 5.10. The number of nitrogens with one attached hydrogen (secondary N) is 1. The predicted molar refractivity (Wildman–Crippen MR) is 120 cm³/mol. The van der Waals surface area contributed by atoms with Gasteiger partial charge in [0, 0.05) is 24.7 Å². The van der Waals surface area contributed by atoms with Gasteiger partial charge in [-0.25, -0.2) is 32.2 Å². The summed E-state index contributed by atoms with van der Waals surface area (Å²) >= 11 is 0. The zero-order valence-electron chi connectivity index (χ0n) is 18.7. The summed E-state index contributed by atoms with van der Waals surface area (Å²) in [5.74, 6) is -0.603. The number of β-amino-alcohol motifs (C(OH)–C–C–N with tert-alkyl or cyclic N) is 1. The maximum absolute atomic E-state index is 14.8. The van der Waals surface area contributed by atoms with Gasteiger partial charge in [0.25, 0.3) is 0 Å². The molecule has 1 aromatic carbocycles. The van der Waals surface area contributed by atoms with E-state index in [0.29, 0.717) is 17.8 Å². The highest BCUT2D eigenvalue weighted by Crippen LogP contribution is 2.30. The van der Waals surface area contributed by atoms with E-state index in [1.165, 1.54) is 10.4 Å². The highest BCUT2D eigenvalue weighted by atomic mass is 32.2. The summed E-state index contributed by atoms with van der Waals surface area (Å²) in [5, 5.41) is 13.3. The molecule has 33 heavy (non-hydrogen) atoms. The van der Waals surface area contributed by atoms with Crippen molar-refractivity contribution in [2.45, 2.75) is 45.4 Å². The number of aryl methyl sites for hydroxylation is 1. The second-order valence-electron chi connectivity index (χ2n) is 8.57. The van der Waals surface area contributed by atoms with E-state index in [4.69, 9.17) is 0 Å². The van der Waals surface area contributed by atoms with Gasteiger partial charge in [-0.3, -0.25) is 0 Å². The summed E-state index contributed by atoms with van der Waals surface area (Å²) in [6.45, 7) is 5.85. The van der Waals surface area contributed by atoms with Gasteiger partial charge in [-0.05, 0) is 39.3 Å². The SMILES string of the molecule is Cc1nc2c(F)cc(-c3nc(NC4CCN(S(C)(=O)=O)CC4O)ncc3F)cc2n1C(C)C. The average molecular weight is 481 g/mol. The number of anilines is 1. The van der Waals surface area contributed by atoms with Gasteiger partial charge < -0.3 is 15.0 Å². The van der Waals surface area contributed by atoms with Crippen molar-refractivity contribution in [3.8, 4) is 11.3 Å². The molecule has 1 aliphatic heterocycles. The van der Waals surface area contributed by atoms with Crippen LogP contribution in [0.5, 0.6) is 0 Å². The topological polar surface area (TPSA) is 113 Å². The van der Waals surface area contributed by atoms with Crippen LogP contribution in [-0.2, 0) is 10.0 Å². The highest BCUT2D eigenvalue weighted by molar-refractivity contribution is 7.88. The maximum atomic E-state index is 14.8. The molecule has 4 rings (SSSR count). The van der Waals surface area contributed by atoms with E-state index < -0.39 is 33.8 Å². The smallest absolute Gasteiger partial charge is 0.223 e. The number of piperidine rings is 1. The van der Waals surface area contributed by atoms with Crippen molar-refractivity contribution >= 4 is 27.0 Å². The number of benzene rings is 1. The van der Waals surface area contributed by atoms with Crippen molar-refractivity contribution < 1.29 is 22.3 Å². The Morgan fingerprint density at radius 2 is 1.94 bits per heavy atom. The number of aliphatic hydroxyl groups excluding tert-OH is 1. The molecule has 1 saturated heterocycles. The summed E-state index contributed by atoms with van der Waals surface area (Å²) in [6.07, 6.45) is 1.39. The lowest BCUT2D eigenvalue weighted by Gasteiger charge is -2.34. The Morgan fingerprint density at radius 1 is 1.21 bits per heavy atom. The number of hydrogen-bond acceptors (Lipinski definition) is 7. The first-order valence-electron chi connectivity index (χ1n) is 10.6. The second kappa shape index (κ2) is 8.58. The molecular weight excluding hydrogens is 454 g/mol. The zero-order valence-corrected chi connectivity index (χ0v) is 19.6. The van der Waals surface area contributed by atoms with Crippen molar-refractivity contribution in [3.05, 3.63) is 35.8 Å². The first-order valence-corrected chi connectivity index (χ1v) is 12.4. The molecule has 1 aliphatic rings. The van der Waals surface area contributed by atoms with Gasteiger partial charge >= 0.3 is 0 Å². The minimum absolute atomic E-state index is 0.0245. The molecule has 0 aliphatic carbocycles. The molecule has 3 heterocycles. The Labute approximate surface area is 190 Å². The van der Waals surface area contributed by atoms with E-state index in [1.807, 2.05) is 18.4 Å². The number of rotatable bonds is 5. The Bertz CT molecular complexity index is 1310. The number of nitrogens with zero attached hydrogens (tertiary/aromatic N) is 5. The van der Waals surface area contributed by atoms with Crippen LogP contribution in [0.15, 0.2) is 18.3 Å². The Morgan fingerprint density at radius 3 is 2.58 bits per heavy atom. The summed E-state index contributed by atoms with van der Waals surface area (Å²) in [6, 6.07) is 2.34. The zero-order chi connectivity index (χ0) is 24.1. The fraction of sp³-hybridized carbons (Fsp3) is 0.476. The molecule has 0 saturated carbocycles. The summed E-state index contributed by atoms with van der Waals surface area (Å²) in [7, 11) is -3.41. The molecule has 9 nitrogen and oxygen atoms in total. The predicted octanol–water partition coefficient (Wildman–Crippen LogP) is 2.47. The molecule has 0 spiro atoms. The summed E-state index contributed by atoms with van der Waals surface area (Å²) in [4.78, 5) is 12.5. The third-order valence-corrected chi connectivity index (χ3v) is 7.06. The molecule has 178 valence electrons. The van der Waals surface area contributed by atoms with Crippen LogP contribution < -0.4 is 5.32 Å². The largest absolute Gasteiger partial charge is 0.390 e. The number of hydrogen-bond donors (Lipinski definition) is 2. The number of aliphatic hydroxyl groups is 1. The summed E-state index contributed by atoms with van der Waals surface area (Å²) in [5.41, 5.74) is 0.884. The standard InChI is InChI=1S/C21H26F2N6O3S/c1-11(2)29-12(3)25-20-14(22)7-13(8-17(20)29)19-15(23)9-24-21(27-19)26-16-5-6-28(10-18(16)30)33(4,31)32/h7-9,11,16,18,30H,5-6,10H2,1-4H3,(H,24,26,27). The third-order valence-electron chi connectivity index (χ3n) is 5.79. The van der Waals surface area contributed by atoms with Crippen LogP contribution in [-0.4, -0.2) is 68.8 Å². The average Bonchev–Trinajstić information content (AvgIpc) is 3.06. The molecule has 12 heteroatoms. The molecule has 0 radical (unpaired) electrons. The normalized spacial score (nSPS) is 20.0. The van der Waals surface area contributed by atoms with Crippen LogP contribution in [0, 0.1) is 18.6 Å². The van der Waals surface area contributed by atoms with Crippen LogP contribution in [0.25, 0.3) is 22.3 Å². The van der Waals surface area contributed by atoms with Crippen LogP contribution in [0.1, 0.15) is 32.1 Å². The fourth-order valence-electron chi connectivity index (χ4n) is 4.23. The maximum Gasteiger partial charge on any atom is 0.223 e. The van der Waals surface area contributed by atoms with Gasteiger partial charge in [0.2, 0.25) is 16.0 Å². The Kier molecular flexibility index (Phi) is 6.10. The van der Waals surface area contributed by atoms with E-state index in [9.17, 15) is 22.3 Å². The van der Waals surface area contributed by atoms with Gasteiger partial charge in [-0.15, -0.1) is 0 Å². The van der Waals surface area contributed by atoms with Crippen LogP contribution >= 0.6 is 0 Å². The molecule has 3 aromatic rings. The molecule has 1 fully saturated rings. The van der Waals surface area contributed by atoms with Gasteiger partial charge in [0.05, 0.1) is 30.1 Å². The molecule has 2 atom stereocenters. The first-order chi connectivity index (χ1) is 15.5. The molecule has 0 amide bonds. The van der Waals surface area contributed by atoms with Gasteiger partial charge in [-0.1, -0.05) is 0 Å². The van der Waals surface area contributed by atoms with Crippen LogP contribution in [0.3, 0.4) is 0 Å². The van der Waals surface area contributed by atoms with Gasteiger partial charge in [-0.2, -0.15) is 4.31 Å². The van der Waals surface area contributed by atoms with E-state index in [1.54, 1.807) is 13.0 Å². The van der Waals surface area contributed by atoms with Crippen molar-refractivity contribution in [2.75, 3.05) is 24.7 Å². The lowest BCUT2D eigenvalue weighted by atomic mass is 10.0. The lowest BCUT2D eigenvalue weighted by molar-refractivity contribution is 0.0950. The quantitative estimate of drug-likeness (QED) is 0.577. The van der Waals surface area contributed by atoms with E-state index in [-0.39, 0.29) is 41.9 Å². The first kappa shape index (κ1) is 23.5. The number of aromatic nitrogens is 4. The number of imidazole rings is 1. The third kappa shape index (κ3) is 4.55. The highest BCUT2D eigenvalue weighted by Gasteiger charge is 2.32. The Hall–Kier alpha value is -2.70. The van der Waals surface area contributed by atoms with Crippen LogP contribution in [0.4, 0.5) is 14.7 Å². The van der Waals surface area contributed by atoms with Crippen LogP contribution in [0.2, 0.25) is 0 Å². The Balaban J connectivity index is 1.66. The second-order valence-corrected chi connectivity index (χ2v) is 10.5. The molecule has 2 aromatic heterocycles. The van der Waals surface area contributed by atoms with Crippen molar-refractivity contribution in [1.29, 1.82) is 0 Å². The van der Waals surface area contributed by atoms with E-state index in [0.717, 1.165) is 12.5 Å². The number of sulfonamides is 1. The van der Waals surface area contributed by atoms with Gasteiger partial charge in [0.15, 0.2) is 11.6 Å².